The first-order chi connectivity index (χ1) is 12.2. The van der Waals surface area contributed by atoms with Crippen LogP contribution >= 0.6 is 0 Å². The maximum atomic E-state index is 12.4. The Morgan fingerprint density at radius 1 is 1.20 bits per heavy atom. The molecule has 5 nitrogen and oxygen atoms in total. The van der Waals surface area contributed by atoms with Crippen LogP contribution in [0.15, 0.2) is 48.5 Å². The monoisotopic (exact) mass is 336 g/mol. The second-order valence-corrected chi connectivity index (χ2v) is 6.37. The second kappa shape index (κ2) is 7.82. The second-order valence-electron chi connectivity index (χ2n) is 6.37. The molecular formula is C20H22N3O2+. The molecule has 0 saturated heterocycles. The van der Waals surface area contributed by atoms with Crippen molar-refractivity contribution in [3.8, 4) is 11.8 Å². The highest BCUT2D eigenvalue weighted by atomic mass is 16.5. The number of rotatable bonds is 7. The van der Waals surface area contributed by atoms with Gasteiger partial charge in [0.25, 0.3) is 5.91 Å². The number of quaternary nitrogens is 1. The number of amides is 1. The van der Waals surface area contributed by atoms with Crippen LogP contribution in [0.4, 0.5) is 5.69 Å². The van der Waals surface area contributed by atoms with Gasteiger partial charge in [0.15, 0.2) is 6.54 Å². The van der Waals surface area contributed by atoms with E-state index in [0.717, 1.165) is 18.0 Å². The Morgan fingerprint density at radius 3 is 2.44 bits per heavy atom. The molecule has 0 bridgehead atoms. The molecule has 1 atom stereocenters. The predicted octanol–water partition coefficient (Wildman–Crippen LogP) is 1.75. The first-order valence-electron chi connectivity index (χ1n) is 8.45. The van der Waals surface area contributed by atoms with Crippen LogP contribution in [0.1, 0.15) is 24.0 Å². The van der Waals surface area contributed by atoms with Crippen molar-refractivity contribution < 1.29 is 14.4 Å². The van der Waals surface area contributed by atoms with E-state index in [1.165, 1.54) is 23.3 Å². The zero-order valence-electron chi connectivity index (χ0n) is 14.3. The topological polar surface area (TPSA) is 66.6 Å². The molecule has 1 aliphatic rings. The quantitative estimate of drug-likeness (QED) is 0.809. The van der Waals surface area contributed by atoms with Crippen LogP contribution in [0.5, 0.6) is 5.75 Å². The minimum atomic E-state index is 0.000110. The Morgan fingerprint density at radius 2 is 1.88 bits per heavy atom. The minimum Gasteiger partial charge on any atom is -0.497 e. The molecule has 2 N–H and O–H groups in total. The molecule has 1 fully saturated rings. The summed E-state index contributed by atoms with van der Waals surface area (Å²) in [6.07, 6.45) is 2.35. The number of benzene rings is 2. The van der Waals surface area contributed by atoms with Gasteiger partial charge < -0.3 is 15.0 Å². The van der Waals surface area contributed by atoms with E-state index in [0.29, 0.717) is 18.2 Å². The van der Waals surface area contributed by atoms with Crippen LogP contribution in [0, 0.1) is 11.3 Å². The van der Waals surface area contributed by atoms with E-state index in [-0.39, 0.29) is 5.91 Å². The fraction of sp³-hybridized carbons (Fsp3) is 0.300. The Labute approximate surface area is 147 Å². The lowest BCUT2D eigenvalue weighted by Gasteiger charge is -2.19. The molecule has 128 valence electrons. The smallest absolute Gasteiger partial charge is 0.279 e. The third-order valence-corrected chi connectivity index (χ3v) is 4.43. The van der Waals surface area contributed by atoms with Crippen molar-refractivity contribution in [2.24, 2.45) is 0 Å². The SMILES string of the molecule is COc1ccc(C[NH+](CC(=O)Nc2ccc(C#N)cc2)C2CC2)cc1. The number of nitrogens with one attached hydrogen (secondary N) is 2. The molecule has 0 radical (unpaired) electrons. The van der Waals surface area contributed by atoms with E-state index in [9.17, 15) is 4.79 Å². The molecule has 2 aromatic carbocycles. The summed E-state index contributed by atoms with van der Waals surface area (Å²) in [6.45, 7) is 1.27. The molecule has 1 aliphatic carbocycles. The first kappa shape index (κ1) is 17.0. The lowest BCUT2D eigenvalue weighted by Crippen LogP contribution is -3.13. The van der Waals surface area contributed by atoms with Crippen molar-refractivity contribution >= 4 is 11.6 Å². The zero-order chi connectivity index (χ0) is 17.6. The Kier molecular flexibility index (Phi) is 5.32. The third kappa shape index (κ3) is 4.82. The van der Waals surface area contributed by atoms with Crippen LogP contribution in [-0.4, -0.2) is 25.6 Å². The maximum Gasteiger partial charge on any atom is 0.279 e. The van der Waals surface area contributed by atoms with Crippen molar-refractivity contribution in [3.63, 3.8) is 0 Å². The average Bonchev–Trinajstić information content (AvgIpc) is 3.47. The number of hydrogen-bond acceptors (Lipinski definition) is 3. The Hall–Kier alpha value is -2.84. The van der Waals surface area contributed by atoms with E-state index in [1.807, 2.05) is 12.1 Å². The normalized spacial score (nSPS) is 14.4. The van der Waals surface area contributed by atoms with Crippen molar-refractivity contribution in [2.45, 2.75) is 25.4 Å². The standard InChI is InChI=1S/C20H21N3O2/c1-25-19-10-4-16(5-11-19)13-23(18-8-9-18)14-20(24)22-17-6-2-15(12-21)3-7-17/h2-7,10-11,18H,8-9,13-14H2,1H3,(H,22,24)/p+1. The highest BCUT2D eigenvalue weighted by molar-refractivity contribution is 5.91. The zero-order valence-corrected chi connectivity index (χ0v) is 14.3. The van der Waals surface area contributed by atoms with Gasteiger partial charge in [-0.05, 0) is 48.5 Å². The van der Waals surface area contributed by atoms with Crippen LogP contribution in [-0.2, 0) is 11.3 Å². The summed E-state index contributed by atoms with van der Waals surface area (Å²) >= 11 is 0. The van der Waals surface area contributed by atoms with Crippen LogP contribution < -0.4 is 15.0 Å². The van der Waals surface area contributed by atoms with Crippen LogP contribution in [0.25, 0.3) is 0 Å². The molecule has 1 saturated carbocycles. The third-order valence-electron chi connectivity index (χ3n) is 4.43. The molecule has 25 heavy (non-hydrogen) atoms. The number of hydrogen-bond donors (Lipinski definition) is 2. The van der Waals surface area contributed by atoms with E-state index < -0.39 is 0 Å². The van der Waals surface area contributed by atoms with Gasteiger partial charge in [-0.1, -0.05) is 0 Å². The summed E-state index contributed by atoms with van der Waals surface area (Å²) in [4.78, 5) is 13.7. The van der Waals surface area contributed by atoms with E-state index >= 15 is 0 Å². The molecule has 5 heteroatoms. The fourth-order valence-corrected chi connectivity index (χ4v) is 2.89. The van der Waals surface area contributed by atoms with Gasteiger partial charge in [-0.25, -0.2) is 0 Å². The average molecular weight is 336 g/mol. The number of methoxy groups -OCH3 is 1. The summed E-state index contributed by atoms with van der Waals surface area (Å²) in [7, 11) is 1.66. The molecule has 2 aromatic rings. The van der Waals surface area contributed by atoms with Gasteiger partial charge in [0, 0.05) is 24.1 Å². The van der Waals surface area contributed by atoms with Gasteiger partial charge >= 0.3 is 0 Å². The van der Waals surface area contributed by atoms with E-state index in [1.54, 1.807) is 31.4 Å². The number of carbonyl (C=O) groups is 1. The molecule has 1 unspecified atom stereocenters. The van der Waals surface area contributed by atoms with Crippen molar-refractivity contribution in [1.29, 1.82) is 5.26 Å². The van der Waals surface area contributed by atoms with Crippen molar-refractivity contribution in [2.75, 3.05) is 19.0 Å². The molecule has 0 heterocycles. The summed E-state index contributed by atoms with van der Waals surface area (Å²) in [5, 5.41) is 11.7. The summed E-state index contributed by atoms with van der Waals surface area (Å²) < 4.78 is 5.19. The Balaban J connectivity index is 1.58. The van der Waals surface area contributed by atoms with Gasteiger partial charge in [0.1, 0.15) is 12.3 Å². The number of anilines is 1. The van der Waals surface area contributed by atoms with Gasteiger partial charge in [0.2, 0.25) is 0 Å². The highest BCUT2D eigenvalue weighted by Gasteiger charge is 2.34. The number of nitrogens with zero attached hydrogens (tertiary/aromatic N) is 1. The van der Waals surface area contributed by atoms with Gasteiger partial charge in [-0.3, -0.25) is 4.79 Å². The molecular weight excluding hydrogens is 314 g/mol. The number of ether oxygens (including phenoxy) is 1. The lowest BCUT2D eigenvalue weighted by molar-refractivity contribution is -0.916. The van der Waals surface area contributed by atoms with Gasteiger partial charge in [0.05, 0.1) is 24.8 Å². The van der Waals surface area contributed by atoms with Gasteiger partial charge in [-0.15, -0.1) is 0 Å². The first-order valence-corrected chi connectivity index (χ1v) is 8.45. The summed E-state index contributed by atoms with van der Waals surface area (Å²) in [5.41, 5.74) is 2.51. The fourth-order valence-electron chi connectivity index (χ4n) is 2.89. The number of carbonyl (C=O) groups excluding carboxylic acids is 1. The largest absolute Gasteiger partial charge is 0.497 e. The van der Waals surface area contributed by atoms with Crippen molar-refractivity contribution in [1.82, 2.24) is 0 Å². The molecule has 3 rings (SSSR count). The van der Waals surface area contributed by atoms with E-state index in [4.69, 9.17) is 10.00 Å². The Bertz CT molecular complexity index is 759. The van der Waals surface area contributed by atoms with Crippen molar-refractivity contribution in [3.05, 3.63) is 59.7 Å². The molecule has 0 aromatic heterocycles. The number of nitriles is 1. The van der Waals surface area contributed by atoms with Crippen LogP contribution in [0.2, 0.25) is 0 Å². The lowest BCUT2D eigenvalue weighted by atomic mass is 10.2. The highest BCUT2D eigenvalue weighted by Crippen LogP contribution is 2.17. The molecule has 0 aliphatic heterocycles. The molecule has 1 amide bonds. The molecule has 0 spiro atoms. The summed E-state index contributed by atoms with van der Waals surface area (Å²) in [5.74, 6) is 0.843. The minimum absolute atomic E-state index is 0.000110. The summed E-state index contributed by atoms with van der Waals surface area (Å²) in [6, 6.07) is 17.6. The predicted molar refractivity (Wildman–Crippen MR) is 95.3 cm³/mol. The maximum absolute atomic E-state index is 12.4. The van der Waals surface area contributed by atoms with E-state index in [2.05, 4.69) is 23.5 Å². The van der Waals surface area contributed by atoms with Gasteiger partial charge in [-0.2, -0.15) is 5.26 Å². The van der Waals surface area contributed by atoms with Crippen LogP contribution in [0.3, 0.4) is 0 Å².